The van der Waals surface area contributed by atoms with E-state index in [9.17, 15) is 4.79 Å². The van der Waals surface area contributed by atoms with Crippen molar-refractivity contribution >= 4 is 5.97 Å². The van der Waals surface area contributed by atoms with Gasteiger partial charge in [0.1, 0.15) is 6.10 Å². The number of ether oxygens (including phenoxy) is 1. The van der Waals surface area contributed by atoms with Crippen LogP contribution in [-0.4, -0.2) is 23.8 Å². The number of esters is 1. The quantitative estimate of drug-likeness (QED) is 0.794. The zero-order valence-electron chi connectivity index (χ0n) is 13.0. The predicted octanol–water partition coefficient (Wildman–Crippen LogP) is 3.88. The molecule has 0 radical (unpaired) electrons. The third-order valence-corrected chi connectivity index (χ3v) is 2.83. The molecule has 114 valence electrons. The summed E-state index contributed by atoms with van der Waals surface area (Å²) in [4.78, 5) is 10.5. The summed E-state index contributed by atoms with van der Waals surface area (Å²) >= 11 is 0. The summed E-state index contributed by atoms with van der Waals surface area (Å²) in [6.45, 7) is 5.49. The van der Waals surface area contributed by atoms with Crippen molar-refractivity contribution in [2.45, 2.75) is 59.0 Å². The van der Waals surface area contributed by atoms with Crippen LogP contribution >= 0.6 is 0 Å². The lowest BCUT2D eigenvalue weighted by Gasteiger charge is -2.20. The summed E-state index contributed by atoms with van der Waals surface area (Å²) in [5.41, 5.74) is 1.32. The zero-order chi connectivity index (χ0) is 15.2. The van der Waals surface area contributed by atoms with Crippen molar-refractivity contribution in [3.8, 4) is 0 Å². The highest BCUT2D eigenvalue weighted by Gasteiger charge is 2.14. The lowest BCUT2D eigenvalue weighted by Crippen LogP contribution is -2.18. The second-order valence-electron chi connectivity index (χ2n) is 4.84. The minimum absolute atomic E-state index is 0.132. The van der Waals surface area contributed by atoms with Gasteiger partial charge >= 0.3 is 5.97 Å². The first-order valence-corrected chi connectivity index (χ1v) is 7.39. The van der Waals surface area contributed by atoms with E-state index in [2.05, 4.69) is 19.1 Å². The Morgan fingerprint density at radius 1 is 1.20 bits per heavy atom. The van der Waals surface area contributed by atoms with E-state index in [1.165, 1.54) is 31.7 Å². The maximum absolute atomic E-state index is 10.5. The molecule has 0 aromatic heterocycles. The summed E-state index contributed by atoms with van der Waals surface area (Å²) in [7, 11) is 0. The Balaban J connectivity index is 0.000000315. The van der Waals surface area contributed by atoms with Crippen molar-refractivity contribution in [2.75, 3.05) is 6.61 Å². The fourth-order valence-electron chi connectivity index (χ4n) is 1.95. The highest BCUT2D eigenvalue weighted by molar-refractivity contribution is 5.66. The number of aliphatic hydroxyl groups is 1. The molecule has 0 aliphatic heterocycles. The second-order valence-corrected chi connectivity index (χ2v) is 4.84. The lowest BCUT2D eigenvalue weighted by atomic mass is 9.98. The van der Waals surface area contributed by atoms with E-state index in [0.29, 0.717) is 0 Å². The third-order valence-electron chi connectivity index (χ3n) is 2.83. The molecule has 20 heavy (non-hydrogen) atoms. The van der Waals surface area contributed by atoms with Crippen LogP contribution in [0.25, 0.3) is 0 Å². The van der Waals surface area contributed by atoms with Crippen LogP contribution in [0.2, 0.25) is 0 Å². The Morgan fingerprint density at radius 2 is 1.70 bits per heavy atom. The summed E-state index contributed by atoms with van der Waals surface area (Å²) < 4.78 is 5.05. The molecule has 0 amide bonds. The predicted molar refractivity (Wildman–Crippen MR) is 82.6 cm³/mol. The van der Waals surface area contributed by atoms with Crippen LogP contribution in [0.4, 0.5) is 0 Å². The molecule has 0 bridgehead atoms. The Morgan fingerprint density at radius 3 is 2.05 bits per heavy atom. The number of carbonyl (C=O) groups is 1. The molecule has 1 fully saturated rings. The van der Waals surface area contributed by atoms with E-state index in [1.54, 1.807) is 6.92 Å². The van der Waals surface area contributed by atoms with Crippen LogP contribution in [-0.2, 0) is 9.53 Å². The third kappa shape index (κ3) is 11.7. The number of aryl methyl sites for hydroxylation is 1. The van der Waals surface area contributed by atoms with Crippen LogP contribution in [0.1, 0.15) is 51.5 Å². The van der Waals surface area contributed by atoms with Crippen molar-refractivity contribution in [1.82, 2.24) is 0 Å². The SMILES string of the molecule is CC(=O)OC1CCCCC1.CCO.Cc1ccccc1. The summed E-state index contributed by atoms with van der Waals surface area (Å²) in [5, 5.41) is 7.57. The lowest BCUT2D eigenvalue weighted by molar-refractivity contribution is -0.147. The standard InChI is InChI=1S/C8H14O2.C7H8.C2H6O/c1-7(9)10-8-5-3-2-4-6-8;1-7-5-3-2-4-6-7;1-2-3/h8H,2-6H2,1H3;2-6H,1H3;3H,2H2,1H3. The number of carbonyl (C=O) groups excluding carboxylic acids is 1. The smallest absolute Gasteiger partial charge is 0.302 e. The minimum Gasteiger partial charge on any atom is -0.463 e. The fourth-order valence-corrected chi connectivity index (χ4v) is 1.95. The Bertz CT molecular complexity index is 329. The monoisotopic (exact) mass is 280 g/mol. The van der Waals surface area contributed by atoms with Crippen LogP contribution < -0.4 is 0 Å². The largest absolute Gasteiger partial charge is 0.463 e. The number of hydrogen-bond acceptors (Lipinski definition) is 3. The zero-order valence-corrected chi connectivity index (χ0v) is 13.0. The fraction of sp³-hybridized carbons (Fsp3) is 0.588. The van der Waals surface area contributed by atoms with Crippen LogP contribution in [0, 0.1) is 6.92 Å². The van der Waals surface area contributed by atoms with E-state index < -0.39 is 0 Å². The van der Waals surface area contributed by atoms with Gasteiger partial charge in [0, 0.05) is 13.5 Å². The first kappa shape index (κ1) is 18.7. The number of rotatable bonds is 1. The van der Waals surface area contributed by atoms with Crippen LogP contribution in [0.5, 0.6) is 0 Å². The number of benzene rings is 1. The van der Waals surface area contributed by atoms with Crippen LogP contribution in [0.15, 0.2) is 30.3 Å². The number of aliphatic hydroxyl groups excluding tert-OH is 1. The van der Waals surface area contributed by atoms with E-state index in [0.717, 1.165) is 12.8 Å². The number of hydrogen-bond donors (Lipinski definition) is 1. The van der Waals surface area contributed by atoms with Gasteiger partial charge in [-0.2, -0.15) is 0 Å². The van der Waals surface area contributed by atoms with Gasteiger partial charge in [-0.05, 0) is 39.5 Å². The Kier molecular flexibility index (Phi) is 11.8. The van der Waals surface area contributed by atoms with Crippen molar-refractivity contribution in [1.29, 1.82) is 0 Å². The molecular weight excluding hydrogens is 252 g/mol. The Hall–Kier alpha value is -1.35. The molecule has 1 aliphatic carbocycles. The van der Waals surface area contributed by atoms with Gasteiger partial charge in [0.05, 0.1) is 0 Å². The van der Waals surface area contributed by atoms with Gasteiger partial charge in [0.15, 0.2) is 0 Å². The molecule has 1 aromatic rings. The van der Waals surface area contributed by atoms with Gasteiger partial charge in [-0.15, -0.1) is 0 Å². The maximum Gasteiger partial charge on any atom is 0.302 e. The van der Waals surface area contributed by atoms with Crippen molar-refractivity contribution in [3.05, 3.63) is 35.9 Å². The molecule has 0 spiro atoms. The van der Waals surface area contributed by atoms with Gasteiger partial charge in [0.25, 0.3) is 0 Å². The van der Waals surface area contributed by atoms with Gasteiger partial charge in [-0.3, -0.25) is 4.79 Å². The first-order chi connectivity index (χ1) is 9.60. The maximum atomic E-state index is 10.5. The van der Waals surface area contributed by atoms with Crippen molar-refractivity contribution in [3.63, 3.8) is 0 Å². The van der Waals surface area contributed by atoms with Gasteiger partial charge in [-0.1, -0.05) is 42.3 Å². The second kappa shape index (κ2) is 12.7. The minimum atomic E-state index is -0.132. The van der Waals surface area contributed by atoms with Crippen LogP contribution in [0.3, 0.4) is 0 Å². The molecule has 0 heterocycles. The molecule has 1 N–H and O–H groups in total. The van der Waals surface area contributed by atoms with Gasteiger partial charge in [0.2, 0.25) is 0 Å². The van der Waals surface area contributed by atoms with Crippen molar-refractivity contribution in [2.24, 2.45) is 0 Å². The average molecular weight is 280 g/mol. The summed E-state index contributed by atoms with van der Waals surface area (Å²) in [6, 6.07) is 10.3. The normalized spacial score (nSPS) is 14.2. The first-order valence-electron chi connectivity index (χ1n) is 7.39. The van der Waals surface area contributed by atoms with Gasteiger partial charge < -0.3 is 9.84 Å². The molecule has 1 saturated carbocycles. The molecule has 0 atom stereocenters. The topological polar surface area (TPSA) is 46.5 Å². The van der Waals surface area contributed by atoms with E-state index in [1.807, 2.05) is 18.2 Å². The van der Waals surface area contributed by atoms with Gasteiger partial charge in [-0.25, -0.2) is 0 Å². The molecule has 0 unspecified atom stereocenters. The molecule has 0 saturated heterocycles. The van der Waals surface area contributed by atoms with E-state index >= 15 is 0 Å². The van der Waals surface area contributed by atoms with E-state index in [4.69, 9.17) is 9.84 Å². The molecule has 1 aromatic carbocycles. The molecule has 2 rings (SSSR count). The Labute approximate surface area is 123 Å². The molecular formula is C17H28O3. The summed E-state index contributed by atoms with van der Waals surface area (Å²) in [5.74, 6) is -0.132. The van der Waals surface area contributed by atoms with E-state index in [-0.39, 0.29) is 18.7 Å². The van der Waals surface area contributed by atoms with Crippen molar-refractivity contribution < 1.29 is 14.6 Å². The molecule has 1 aliphatic rings. The summed E-state index contributed by atoms with van der Waals surface area (Å²) in [6.07, 6.45) is 6.11. The average Bonchev–Trinajstić information content (AvgIpc) is 2.41. The highest BCUT2D eigenvalue weighted by atomic mass is 16.5. The molecule has 3 nitrogen and oxygen atoms in total. The highest BCUT2D eigenvalue weighted by Crippen LogP contribution is 2.19. The molecule has 3 heteroatoms.